The second-order valence-corrected chi connectivity index (χ2v) is 5.27. The first-order valence-corrected chi connectivity index (χ1v) is 6.70. The van der Waals surface area contributed by atoms with Gasteiger partial charge in [-0.3, -0.25) is 0 Å². The summed E-state index contributed by atoms with van der Waals surface area (Å²) < 4.78 is 0.948. The summed E-state index contributed by atoms with van der Waals surface area (Å²) in [4.78, 5) is 0.405. The monoisotopic (exact) mass is 312 g/mol. The summed E-state index contributed by atoms with van der Waals surface area (Å²) in [5.41, 5.74) is 8.50. The Bertz CT molecular complexity index is 509. The first kappa shape index (κ1) is 11.6. The van der Waals surface area contributed by atoms with Crippen molar-refractivity contribution in [3.05, 3.63) is 45.1 Å². The summed E-state index contributed by atoms with van der Waals surface area (Å²) in [6, 6.07) is 7.80. The van der Waals surface area contributed by atoms with E-state index in [1.807, 2.05) is 35.0 Å². The summed E-state index contributed by atoms with van der Waals surface area (Å²) in [5, 5.41) is 7.37. The second-order valence-electron chi connectivity index (χ2n) is 3.20. The minimum atomic E-state index is 0.405. The van der Waals surface area contributed by atoms with Gasteiger partial charge in [-0.15, -0.1) is 0 Å². The van der Waals surface area contributed by atoms with Gasteiger partial charge in [0.1, 0.15) is 4.99 Å². The normalized spacial score (nSPS) is 10.1. The molecule has 2 aromatic rings. The molecule has 0 aliphatic heterocycles. The van der Waals surface area contributed by atoms with Crippen LogP contribution in [-0.4, -0.2) is 4.99 Å². The smallest absolute Gasteiger partial charge is 0.104 e. The predicted octanol–water partition coefficient (Wildman–Crippen LogP) is 3.89. The highest BCUT2D eigenvalue weighted by molar-refractivity contribution is 9.10. The Kier molecular flexibility index (Phi) is 3.58. The number of nitrogens with one attached hydrogen (secondary N) is 1. The van der Waals surface area contributed by atoms with Crippen LogP contribution in [0.15, 0.2) is 39.5 Å². The van der Waals surface area contributed by atoms with E-state index in [0.717, 1.165) is 21.4 Å². The molecule has 0 amide bonds. The van der Waals surface area contributed by atoms with Gasteiger partial charge in [-0.05, 0) is 45.6 Å². The van der Waals surface area contributed by atoms with Crippen molar-refractivity contribution in [1.82, 2.24) is 0 Å². The molecule has 0 radical (unpaired) electrons. The average Bonchev–Trinajstić information content (AvgIpc) is 2.73. The number of hydrogen-bond acceptors (Lipinski definition) is 3. The van der Waals surface area contributed by atoms with Crippen LogP contribution in [0, 0.1) is 0 Å². The Morgan fingerprint density at radius 1 is 1.38 bits per heavy atom. The number of thiophene rings is 1. The SMILES string of the molecule is NC(=S)c1ccc(Nc2ccsc2)c(Br)c1. The highest BCUT2D eigenvalue weighted by Gasteiger charge is 2.03. The fourth-order valence-corrected chi connectivity index (χ4v) is 2.45. The van der Waals surface area contributed by atoms with Crippen molar-refractivity contribution in [2.24, 2.45) is 5.73 Å². The summed E-state index contributed by atoms with van der Waals surface area (Å²) >= 11 is 10.1. The molecular formula is C11H9BrN2S2. The van der Waals surface area contributed by atoms with Gasteiger partial charge in [-0.1, -0.05) is 12.2 Å². The Morgan fingerprint density at radius 2 is 2.19 bits per heavy atom. The molecule has 0 aliphatic carbocycles. The molecular weight excluding hydrogens is 304 g/mol. The molecule has 0 unspecified atom stereocenters. The van der Waals surface area contributed by atoms with E-state index in [1.165, 1.54) is 0 Å². The maximum absolute atomic E-state index is 5.56. The summed E-state index contributed by atoms with van der Waals surface area (Å²) in [6.07, 6.45) is 0. The average molecular weight is 313 g/mol. The Hall–Kier alpha value is -0.910. The molecule has 0 atom stereocenters. The number of hydrogen-bond donors (Lipinski definition) is 2. The quantitative estimate of drug-likeness (QED) is 0.844. The van der Waals surface area contributed by atoms with Gasteiger partial charge in [0.15, 0.2) is 0 Å². The van der Waals surface area contributed by atoms with E-state index in [1.54, 1.807) is 11.3 Å². The van der Waals surface area contributed by atoms with Crippen molar-refractivity contribution in [2.75, 3.05) is 5.32 Å². The van der Waals surface area contributed by atoms with Crippen LogP contribution in [0.2, 0.25) is 0 Å². The molecule has 0 bridgehead atoms. The number of thiocarbonyl (C=S) groups is 1. The Balaban J connectivity index is 2.26. The van der Waals surface area contributed by atoms with Crippen LogP contribution in [0.3, 0.4) is 0 Å². The molecule has 1 aromatic heterocycles. The molecule has 0 fully saturated rings. The minimum Gasteiger partial charge on any atom is -0.389 e. The van der Waals surface area contributed by atoms with Gasteiger partial charge in [0.2, 0.25) is 0 Å². The number of anilines is 2. The standard InChI is InChI=1S/C11H9BrN2S2/c12-9-5-7(11(13)15)1-2-10(9)14-8-3-4-16-6-8/h1-6,14H,(H2,13,15). The van der Waals surface area contributed by atoms with Crippen molar-refractivity contribution < 1.29 is 0 Å². The van der Waals surface area contributed by atoms with Crippen LogP contribution >= 0.6 is 39.5 Å². The van der Waals surface area contributed by atoms with Crippen molar-refractivity contribution in [1.29, 1.82) is 0 Å². The third-order valence-corrected chi connectivity index (χ3v) is 3.63. The summed E-state index contributed by atoms with van der Waals surface area (Å²) in [6.45, 7) is 0. The van der Waals surface area contributed by atoms with Gasteiger partial charge in [0, 0.05) is 21.1 Å². The minimum absolute atomic E-state index is 0.405. The molecule has 2 rings (SSSR count). The van der Waals surface area contributed by atoms with E-state index in [2.05, 4.69) is 21.2 Å². The maximum atomic E-state index is 5.56. The van der Waals surface area contributed by atoms with Crippen molar-refractivity contribution >= 4 is 55.8 Å². The van der Waals surface area contributed by atoms with Gasteiger partial charge >= 0.3 is 0 Å². The lowest BCUT2D eigenvalue weighted by molar-refractivity contribution is 1.53. The van der Waals surface area contributed by atoms with Crippen molar-refractivity contribution in [3.63, 3.8) is 0 Å². The van der Waals surface area contributed by atoms with Gasteiger partial charge in [0.25, 0.3) is 0 Å². The predicted molar refractivity (Wildman–Crippen MR) is 77.6 cm³/mol. The molecule has 5 heteroatoms. The number of rotatable bonds is 3. The third kappa shape index (κ3) is 2.61. The van der Waals surface area contributed by atoms with E-state index in [-0.39, 0.29) is 0 Å². The lowest BCUT2D eigenvalue weighted by Crippen LogP contribution is -2.09. The highest BCUT2D eigenvalue weighted by Crippen LogP contribution is 2.27. The number of benzene rings is 1. The molecule has 1 aromatic carbocycles. The lowest BCUT2D eigenvalue weighted by atomic mass is 10.2. The van der Waals surface area contributed by atoms with Crippen molar-refractivity contribution in [3.8, 4) is 0 Å². The molecule has 0 spiro atoms. The van der Waals surface area contributed by atoms with E-state index in [9.17, 15) is 0 Å². The van der Waals surface area contributed by atoms with Crippen LogP contribution in [0.5, 0.6) is 0 Å². The van der Waals surface area contributed by atoms with Gasteiger partial charge < -0.3 is 11.1 Å². The van der Waals surface area contributed by atoms with Crippen molar-refractivity contribution in [2.45, 2.75) is 0 Å². The van der Waals surface area contributed by atoms with Gasteiger partial charge in [-0.2, -0.15) is 11.3 Å². The van der Waals surface area contributed by atoms with Crippen LogP contribution in [-0.2, 0) is 0 Å². The topological polar surface area (TPSA) is 38.0 Å². The largest absolute Gasteiger partial charge is 0.389 e. The number of nitrogens with two attached hydrogens (primary N) is 1. The van der Waals surface area contributed by atoms with Gasteiger partial charge in [0.05, 0.1) is 5.69 Å². The van der Waals surface area contributed by atoms with Crippen LogP contribution < -0.4 is 11.1 Å². The van der Waals surface area contributed by atoms with E-state index in [4.69, 9.17) is 18.0 Å². The first-order chi connectivity index (χ1) is 7.66. The molecule has 2 nitrogen and oxygen atoms in total. The fourth-order valence-electron chi connectivity index (χ4n) is 1.26. The zero-order valence-electron chi connectivity index (χ0n) is 8.24. The molecule has 0 saturated carbocycles. The van der Waals surface area contributed by atoms with Crippen LogP contribution in [0.4, 0.5) is 11.4 Å². The van der Waals surface area contributed by atoms with Gasteiger partial charge in [-0.25, -0.2) is 0 Å². The zero-order chi connectivity index (χ0) is 11.5. The zero-order valence-corrected chi connectivity index (χ0v) is 11.5. The molecule has 3 N–H and O–H groups in total. The van der Waals surface area contributed by atoms with Crippen LogP contribution in [0.1, 0.15) is 5.56 Å². The number of halogens is 1. The Morgan fingerprint density at radius 3 is 2.75 bits per heavy atom. The summed E-state index contributed by atoms with van der Waals surface area (Å²) in [7, 11) is 0. The molecule has 0 saturated heterocycles. The maximum Gasteiger partial charge on any atom is 0.104 e. The third-order valence-electron chi connectivity index (χ3n) is 2.05. The first-order valence-electron chi connectivity index (χ1n) is 4.55. The fraction of sp³-hybridized carbons (Fsp3) is 0. The van der Waals surface area contributed by atoms with E-state index < -0.39 is 0 Å². The summed E-state index contributed by atoms with van der Waals surface area (Å²) in [5.74, 6) is 0. The Labute approximate surface area is 112 Å². The molecule has 0 aliphatic rings. The molecule has 1 heterocycles. The van der Waals surface area contributed by atoms with E-state index >= 15 is 0 Å². The molecule has 82 valence electrons. The lowest BCUT2D eigenvalue weighted by Gasteiger charge is -2.08. The van der Waals surface area contributed by atoms with Crippen LogP contribution in [0.25, 0.3) is 0 Å². The molecule has 16 heavy (non-hydrogen) atoms. The second kappa shape index (κ2) is 4.95. The highest BCUT2D eigenvalue weighted by atomic mass is 79.9. The van der Waals surface area contributed by atoms with E-state index in [0.29, 0.717) is 4.99 Å².